The third-order valence-electron chi connectivity index (χ3n) is 4.86. The highest BCUT2D eigenvalue weighted by Crippen LogP contribution is 2.57. The minimum atomic E-state index is 0.273. The van der Waals surface area contributed by atoms with Crippen LogP contribution in [-0.2, 0) is 10.2 Å². The Bertz CT molecular complexity index is 379. The molecule has 0 spiro atoms. The van der Waals surface area contributed by atoms with Crippen LogP contribution in [0.15, 0.2) is 30.3 Å². The first-order valence-corrected chi connectivity index (χ1v) is 6.61. The maximum atomic E-state index is 5.59. The molecule has 0 radical (unpaired) electrons. The lowest BCUT2D eigenvalue weighted by atomic mass is 9.49. The zero-order chi connectivity index (χ0) is 11.8. The molecule has 0 aromatic heterocycles. The average Bonchev–Trinajstić information content (AvgIpc) is 2.25. The lowest BCUT2D eigenvalue weighted by molar-refractivity contribution is -0.156. The first-order chi connectivity index (χ1) is 8.33. The van der Waals surface area contributed by atoms with E-state index in [1.165, 1.54) is 24.8 Å². The molecule has 1 heterocycles. The zero-order valence-corrected chi connectivity index (χ0v) is 10.5. The molecule has 1 saturated heterocycles. The first-order valence-electron chi connectivity index (χ1n) is 6.61. The number of benzene rings is 1. The maximum Gasteiger partial charge on any atom is 0.0591 e. The third kappa shape index (κ3) is 1.47. The van der Waals surface area contributed by atoms with Crippen molar-refractivity contribution in [3.8, 4) is 0 Å². The van der Waals surface area contributed by atoms with Crippen molar-refractivity contribution in [3.05, 3.63) is 35.9 Å². The van der Waals surface area contributed by atoms with Crippen molar-refractivity contribution in [1.29, 1.82) is 0 Å². The normalized spacial score (nSPS) is 24.8. The van der Waals surface area contributed by atoms with Gasteiger partial charge in [0.25, 0.3) is 0 Å². The molecular weight excluding hydrogens is 210 g/mol. The quantitative estimate of drug-likeness (QED) is 0.859. The van der Waals surface area contributed by atoms with Gasteiger partial charge in [-0.2, -0.15) is 0 Å². The van der Waals surface area contributed by atoms with Crippen LogP contribution in [0.1, 0.15) is 24.8 Å². The fourth-order valence-electron chi connectivity index (χ4n) is 3.61. The van der Waals surface area contributed by atoms with E-state index in [-0.39, 0.29) is 5.41 Å². The monoisotopic (exact) mass is 231 g/mol. The molecule has 1 aromatic carbocycles. The predicted octanol–water partition coefficient (Wildman–Crippen LogP) is 2.34. The van der Waals surface area contributed by atoms with Crippen LogP contribution in [0.2, 0.25) is 0 Å². The van der Waals surface area contributed by atoms with Crippen LogP contribution in [0.3, 0.4) is 0 Å². The molecule has 0 amide bonds. The largest absolute Gasteiger partial charge is 0.379 e. The van der Waals surface area contributed by atoms with Crippen LogP contribution in [-0.4, -0.2) is 26.8 Å². The molecular formula is C15H21NO. The van der Waals surface area contributed by atoms with Crippen LogP contribution in [0.4, 0.5) is 0 Å². The molecule has 17 heavy (non-hydrogen) atoms. The second kappa shape index (κ2) is 4.11. The number of ether oxygens (including phenoxy) is 1. The minimum Gasteiger partial charge on any atom is -0.379 e. The molecule has 1 aliphatic heterocycles. The number of hydrogen-bond donors (Lipinski definition) is 1. The summed E-state index contributed by atoms with van der Waals surface area (Å²) < 4.78 is 5.59. The zero-order valence-electron chi connectivity index (χ0n) is 10.5. The number of hydrogen-bond acceptors (Lipinski definition) is 2. The average molecular weight is 231 g/mol. The topological polar surface area (TPSA) is 21.3 Å². The first kappa shape index (κ1) is 11.2. The lowest BCUT2D eigenvalue weighted by Crippen LogP contribution is -2.64. The summed E-state index contributed by atoms with van der Waals surface area (Å²) in [4.78, 5) is 0. The van der Waals surface area contributed by atoms with Crippen LogP contribution >= 0.6 is 0 Å². The van der Waals surface area contributed by atoms with Gasteiger partial charge in [0.15, 0.2) is 0 Å². The second-order valence-electron chi connectivity index (χ2n) is 5.61. The molecule has 1 saturated carbocycles. The minimum absolute atomic E-state index is 0.273. The van der Waals surface area contributed by atoms with E-state index in [2.05, 4.69) is 42.7 Å². The summed E-state index contributed by atoms with van der Waals surface area (Å²) in [5, 5.41) is 3.40. The molecule has 1 aromatic rings. The van der Waals surface area contributed by atoms with E-state index in [4.69, 9.17) is 4.74 Å². The van der Waals surface area contributed by atoms with Gasteiger partial charge < -0.3 is 10.1 Å². The Balaban J connectivity index is 1.96. The van der Waals surface area contributed by atoms with Crippen LogP contribution in [0.5, 0.6) is 0 Å². The summed E-state index contributed by atoms with van der Waals surface area (Å²) in [5.74, 6) is 0. The van der Waals surface area contributed by atoms with E-state index in [9.17, 15) is 0 Å². The van der Waals surface area contributed by atoms with Crippen molar-refractivity contribution >= 4 is 0 Å². The van der Waals surface area contributed by atoms with E-state index in [1.54, 1.807) is 0 Å². The lowest BCUT2D eigenvalue weighted by Gasteiger charge is -2.60. The van der Waals surface area contributed by atoms with Gasteiger partial charge in [-0.1, -0.05) is 36.8 Å². The Morgan fingerprint density at radius 1 is 1.18 bits per heavy atom. The van der Waals surface area contributed by atoms with Crippen molar-refractivity contribution in [2.45, 2.75) is 24.7 Å². The van der Waals surface area contributed by atoms with Gasteiger partial charge in [-0.05, 0) is 30.9 Å². The fourth-order valence-corrected chi connectivity index (χ4v) is 3.61. The maximum absolute atomic E-state index is 5.59. The molecule has 1 aliphatic carbocycles. The van der Waals surface area contributed by atoms with E-state index >= 15 is 0 Å². The number of nitrogens with one attached hydrogen (secondary N) is 1. The van der Waals surface area contributed by atoms with Gasteiger partial charge in [0.2, 0.25) is 0 Å². The molecule has 3 rings (SSSR count). The number of rotatable bonds is 4. The molecule has 0 unspecified atom stereocenters. The summed E-state index contributed by atoms with van der Waals surface area (Å²) in [6, 6.07) is 11.0. The molecule has 1 N–H and O–H groups in total. The van der Waals surface area contributed by atoms with Crippen molar-refractivity contribution in [1.82, 2.24) is 5.32 Å². The third-order valence-corrected chi connectivity index (χ3v) is 4.86. The van der Waals surface area contributed by atoms with E-state index < -0.39 is 0 Å². The van der Waals surface area contributed by atoms with E-state index in [1.807, 2.05) is 0 Å². The van der Waals surface area contributed by atoms with Gasteiger partial charge >= 0.3 is 0 Å². The van der Waals surface area contributed by atoms with Crippen molar-refractivity contribution in [2.75, 3.05) is 26.8 Å². The second-order valence-corrected chi connectivity index (χ2v) is 5.61. The van der Waals surface area contributed by atoms with E-state index in [0.717, 1.165) is 19.8 Å². The van der Waals surface area contributed by atoms with Crippen molar-refractivity contribution in [2.24, 2.45) is 5.41 Å². The molecule has 2 aliphatic rings. The molecule has 2 heteroatoms. The summed E-state index contributed by atoms with van der Waals surface area (Å²) in [6.45, 7) is 2.92. The Morgan fingerprint density at radius 3 is 2.29 bits per heavy atom. The molecule has 2 nitrogen and oxygen atoms in total. The smallest absolute Gasteiger partial charge is 0.0591 e. The summed E-state index contributed by atoms with van der Waals surface area (Å²) >= 11 is 0. The summed E-state index contributed by atoms with van der Waals surface area (Å²) in [7, 11) is 2.07. The highest BCUT2D eigenvalue weighted by atomic mass is 16.5. The molecule has 0 atom stereocenters. The predicted molar refractivity (Wildman–Crippen MR) is 69.1 cm³/mol. The van der Waals surface area contributed by atoms with Gasteiger partial charge in [0.1, 0.15) is 0 Å². The Morgan fingerprint density at radius 2 is 1.88 bits per heavy atom. The molecule has 0 bridgehead atoms. The van der Waals surface area contributed by atoms with Crippen LogP contribution in [0, 0.1) is 5.41 Å². The Hall–Kier alpha value is -0.860. The van der Waals surface area contributed by atoms with Gasteiger partial charge in [0.05, 0.1) is 13.2 Å². The van der Waals surface area contributed by atoms with Crippen molar-refractivity contribution in [3.63, 3.8) is 0 Å². The molecule has 92 valence electrons. The van der Waals surface area contributed by atoms with Gasteiger partial charge in [0, 0.05) is 12.0 Å². The van der Waals surface area contributed by atoms with Gasteiger partial charge in [-0.25, -0.2) is 0 Å². The van der Waals surface area contributed by atoms with Crippen LogP contribution in [0.25, 0.3) is 0 Å². The summed E-state index contributed by atoms with van der Waals surface area (Å²) in [6.07, 6.45) is 4.05. The van der Waals surface area contributed by atoms with Crippen molar-refractivity contribution < 1.29 is 4.74 Å². The Kier molecular flexibility index (Phi) is 2.72. The Labute approximate surface area is 103 Å². The van der Waals surface area contributed by atoms with Gasteiger partial charge in [-0.15, -0.1) is 0 Å². The van der Waals surface area contributed by atoms with Crippen LogP contribution < -0.4 is 5.32 Å². The summed E-state index contributed by atoms with van der Waals surface area (Å²) in [5.41, 5.74) is 2.18. The van der Waals surface area contributed by atoms with Gasteiger partial charge in [-0.3, -0.25) is 0 Å². The standard InChI is InChI=1S/C15H21NO/c1-16-10-14(8-5-9-14)15(11-17-12-15)13-6-3-2-4-7-13/h2-4,6-7,16H,5,8-12H2,1H3. The SMILES string of the molecule is CNCC1(C2(c3ccccc3)COC2)CCC1. The fraction of sp³-hybridized carbons (Fsp3) is 0.600. The molecule has 2 fully saturated rings. The highest BCUT2D eigenvalue weighted by molar-refractivity contribution is 5.33. The highest BCUT2D eigenvalue weighted by Gasteiger charge is 2.59. The van der Waals surface area contributed by atoms with E-state index in [0.29, 0.717) is 5.41 Å².